The average Bonchev–Trinajstić information content (AvgIpc) is 2.09. The summed E-state index contributed by atoms with van der Waals surface area (Å²) in [5.41, 5.74) is 0.530. The van der Waals surface area contributed by atoms with Gasteiger partial charge in [-0.3, -0.25) is 0 Å². The van der Waals surface area contributed by atoms with Crippen LogP contribution in [0, 0.1) is 5.41 Å². The number of hydrogen-bond donors (Lipinski definition) is 1. The number of rotatable bonds is 7. The number of hydrogen-bond acceptors (Lipinski definition) is 2. The molecule has 0 aromatic rings. The Bertz CT molecular complexity index is 158. The van der Waals surface area contributed by atoms with Gasteiger partial charge in [-0.2, -0.15) is 0 Å². The SMILES string of the molecule is CCCOCCC(C)(C)CNC(C)(C)C. The van der Waals surface area contributed by atoms with E-state index in [1.165, 1.54) is 0 Å². The van der Waals surface area contributed by atoms with Crippen molar-refractivity contribution in [2.75, 3.05) is 19.8 Å². The van der Waals surface area contributed by atoms with Crippen LogP contribution in [0.15, 0.2) is 0 Å². The summed E-state index contributed by atoms with van der Waals surface area (Å²) in [5.74, 6) is 0. The van der Waals surface area contributed by atoms with Gasteiger partial charge in [0.25, 0.3) is 0 Å². The van der Waals surface area contributed by atoms with Crippen molar-refractivity contribution >= 4 is 0 Å². The molecule has 1 N–H and O–H groups in total. The highest BCUT2D eigenvalue weighted by molar-refractivity contribution is 4.77. The Morgan fingerprint density at radius 3 is 2.07 bits per heavy atom. The fraction of sp³-hybridized carbons (Fsp3) is 1.00. The highest BCUT2D eigenvalue weighted by atomic mass is 16.5. The highest BCUT2D eigenvalue weighted by Gasteiger charge is 2.20. The van der Waals surface area contributed by atoms with Crippen LogP contribution in [0.2, 0.25) is 0 Å². The van der Waals surface area contributed by atoms with Crippen molar-refractivity contribution in [3.8, 4) is 0 Å². The lowest BCUT2D eigenvalue weighted by molar-refractivity contribution is 0.102. The minimum atomic E-state index is 0.210. The van der Waals surface area contributed by atoms with Gasteiger partial charge in [0, 0.05) is 25.3 Å². The van der Waals surface area contributed by atoms with Gasteiger partial charge in [-0.25, -0.2) is 0 Å². The largest absolute Gasteiger partial charge is 0.381 e. The molecular formula is C13H29NO. The highest BCUT2D eigenvalue weighted by Crippen LogP contribution is 2.20. The summed E-state index contributed by atoms with van der Waals surface area (Å²) in [6.07, 6.45) is 2.23. The molecule has 0 aromatic heterocycles. The molecule has 0 radical (unpaired) electrons. The maximum absolute atomic E-state index is 5.52. The zero-order valence-electron chi connectivity index (χ0n) is 11.4. The molecule has 0 aliphatic carbocycles. The van der Waals surface area contributed by atoms with E-state index in [1.807, 2.05) is 0 Å². The lowest BCUT2D eigenvalue weighted by atomic mass is 9.88. The Kier molecular flexibility index (Phi) is 6.46. The van der Waals surface area contributed by atoms with Crippen molar-refractivity contribution < 1.29 is 4.74 Å². The number of ether oxygens (including phenoxy) is 1. The minimum Gasteiger partial charge on any atom is -0.381 e. The first kappa shape index (κ1) is 14.9. The normalized spacial score (nSPS) is 13.2. The Morgan fingerprint density at radius 1 is 1.00 bits per heavy atom. The summed E-state index contributed by atoms with van der Waals surface area (Å²) in [7, 11) is 0. The van der Waals surface area contributed by atoms with Crippen LogP contribution < -0.4 is 5.32 Å². The molecule has 0 saturated carbocycles. The first-order chi connectivity index (χ1) is 6.77. The molecule has 0 unspecified atom stereocenters. The third-order valence-corrected chi connectivity index (χ3v) is 2.37. The van der Waals surface area contributed by atoms with Crippen molar-refractivity contribution in [2.24, 2.45) is 5.41 Å². The van der Waals surface area contributed by atoms with Crippen LogP contribution >= 0.6 is 0 Å². The van der Waals surface area contributed by atoms with E-state index in [0.29, 0.717) is 5.41 Å². The van der Waals surface area contributed by atoms with E-state index in [9.17, 15) is 0 Å². The predicted octanol–water partition coefficient (Wildman–Crippen LogP) is 3.22. The molecule has 0 aromatic carbocycles. The maximum atomic E-state index is 5.52. The quantitative estimate of drug-likeness (QED) is 0.658. The molecule has 0 bridgehead atoms. The van der Waals surface area contributed by atoms with Crippen molar-refractivity contribution in [1.82, 2.24) is 5.32 Å². The van der Waals surface area contributed by atoms with Gasteiger partial charge < -0.3 is 10.1 Å². The van der Waals surface area contributed by atoms with E-state index in [1.54, 1.807) is 0 Å². The van der Waals surface area contributed by atoms with E-state index < -0.39 is 0 Å². The summed E-state index contributed by atoms with van der Waals surface area (Å²) >= 11 is 0. The van der Waals surface area contributed by atoms with Crippen LogP contribution in [0.25, 0.3) is 0 Å². The first-order valence-corrected chi connectivity index (χ1v) is 6.10. The molecule has 0 aliphatic rings. The zero-order valence-corrected chi connectivity index (χ0v) is 11.4. The van der Waals surface area contributed by atoms with Crippen LogP contribution in [0.1, 0.15) is 54.4 Å². The molecule has 2 heteroatoms. The summed E-state index contributed by atoms with van der Waals surface area (Å²) in [4.78, 5) is 0. The van der Waals surface area contributed by atoms with Gasteiger partial charge in [0.15, 0.2) is 0 Å². The van der Waals surface area contributed by atoms with E-state index in [0.717, 1.165) is 32.6 Å². The molecule has 0 aliphatic heterocycles. The van der Waals surface area contributed by atoms with Crippen molar-refractivity contribution in [1.29, 1.82) is 0 Å². The standard InChI is InChI=1S/C13H29NO/c1-7-9-15-10-8-13(5,6)11-14-12(2,3)4/h14H,7-11H2,1-6H3. The molecular weight excluding hydrogens is 186 g/mol. The molecule has 0 saturated heterocycles. The minimum absolute atomic E-state index is 0.210. The lowest BCUT2D eigenvalue weighted by Gasteiger charge is -2.30. The third kappa shape index (κ3) is 10.2. The monoisotopic (exact) mass is 215 g/mol. The van der Waals surface area contributed by atoms with Crippen LogP contribution in [0.4, 0.5) is 0 Å². The van der Waals surface area contributed by atoms with E-state index >= 15 is 0 Å². The van der Waals surface area contributed by atoms with Crippen LogP contribution in [0.3, 0.4) is 0 Å². The fourth-order valence-corrected chi connectivity index (χ4v) is 1.19. The summed E-state index contributed by atoms with van der Waals surface area (Å²) in [5, 5.41) is 3.55. The summed E-state index contributed by atoms with van der Waals surface area (Å²) in [6.45, 7) is 16.2. The number of nitrogens with one attached hydrogen (secondary N) is 1. The lowest BCUT2D eigenvalue weighted by Crippen LogP contribution is -2.42. The summed E-state index contributed by atoms with van der Waals surface area (Å²) < 4.78 is 5.52. The molecule has 15 heavy (non-hydrogen) atoms. The third-order valence-electron chi connectivity index (χ3n) is 2.37. The maximum Gasteiger partial charge on any atom is 0.0471 e. The van der Waals surface area contributed by atoms with Crippen LogP contribution in [-0.2, 0) is 4.74 Å². The second-order valence-electron chi connectivity index (χ2n) is 6.13. The van der Waals surface area contributed by atoms with Gasteiger partial charge in [0.2, 0.25) is 0 Å². The van der Waals surface area contributed by atoms with Gasteiger partial charge in [-0.15, -0.1) is 0 Å². The molecule has 92 valence electrons. The Balaban J connectivity index is 3.67. The van der Waals surface area contributed by atoms with Gasteiger partial charge in [0.05, 0.1) is 0 Å². The summed E-state index contributed by atoms with van der Waals surface area (Å²) in [6, 6.07) is 0. The fourth-order valence-electron chi connectivity index (χ4n) is 1.19. The molecule has 0 rings (SSSR count). The molecule has 0 fully saturated rings. The van der Waals surface area contributed by atoms with Gasteiger partial charge in [0.1, 0.15) is 0 Å². The molecule has 0 amide bonds. The Morgan fingerprint density at radius 2 is 1.60 bits per heavy atom. The van der Waals surface area contributed by atoms with E-state index in [2.05, 4.69) is 46.9 Å². The predicted molar refractivity (Wildman–Crippen MR) is 67.3 cm³/mol. The van der Waals surface area contributed by atoms with Crippen LogP contribution in [-0.4, -0.2) is 25.3 Å². The average molecular weight is 215 g/mol. The zero-order chi connectivity index (χ0) is 11.9. The molecule has 2 nitrogen and oxygen atoms in total. The van der Waals surface area contributed by atoms with Crippen LogP contribution in [0.5, 0.6) is 0 Å². The molecule has 0 spiro atoms. The van der Waals surface area contributed by atoms with Gasteiger partial charge in [-0.1, -0.05) is 20.8 Å². The van der Waals surface area contributed by atoms with Crippen molar-refractivity contribution in [3.63, 3.8) is 0 Å². The van der Waals surface area contributed by atoms with Gasteiger partial charge in [-0.05, 0) is 39.0 Å². The van der Waals surface area contributed by atoms with Crippen molar-refractivity contribution in [2.45, 2.75) is 59.9 Å². The van der Waals surface area contributed by atoms with E-state index in [4.69, 9.17) is 4.74 Å². The Hall–Kier alpha value is -0.0800. The van der Waals surface area contributed by atoms with Gasteiger partial charge >= 0.3 is 0 Å². The second-order valence-corrected chi connectivity index (χ2v) is 6.13. The Labute approximate surface area is 95.8 Å². The topological polar surface area (TPSA) is 21.3 Å². The second kappa shape index (κ2) is 6.49. The first-order valence-electron chi connectivity index (χ1n) is 6.10. The van der Waals surface area contributed by atoms with Crippen molar-refractivity contribution in [3.05, 3.63) is 0 Å². The van der Waals surface area contributed by atoms with E-state index in [-0.39, 0.29) is 5.54 Å². The molecule has 0 atom stereocenters. The molecule has 0 heterocycles. The smallest absolute Gasteiger partial charge is 0.0471 e.